The first-order valence-corrected chi connectivity index (χ1v) is 7.36. The van der Waals surface area contributed by atoms with Gasteiger partial charge in [-0.05, 0) is 26.0 Å². The lowest BCUT2D eigenvalue weighted by molar-refractivity contribution is 0.0538. The molecule has 0 spiro atoms. The van der Waals surface area contributed by atoms with Crippen molar-refractivity contribution in [2.75, 3.05) is 33.2 Å². The van der Waals surface area contributed by atoms with Gasteiger partial charge in [-0.2, -0.15) is 0 Å². The van der Waals surface area contributed by atoms with Gasteiger partial charge in [-0.1, -0.05) is 36.8 Å². The van der Waals surface area contributed by atoms with E-state index in [1.54, 1.807) is 0 Å². The van der Waals surface area contributed by atoms with Crippen LogP contribution in [0.3, 0.4) is 0 Å². The van der Waals surface area contributed by atoms with Crippen LogP contribution in [0.5, 0.6) is 0 Å². The summed E-state index contributed by atoms with van der Waals surface area (Å²) < 4.78 is 0. The van der Waals surface area contributed by atoms with Crippen LogP contribution in [0.1, 0.15) is 30.5 Å². The summed E-state index contributed by atoms with van der Waals surface area (Å²) in [4.78, 5) is 4.99. The van der Waals surface area contributed by atoms with Crippen molar-refractivity contribution in [2.45, 2.75) is 32.4 Å². The summed E-state index contributed by atoms with van der Waals surface area (Å²) in [5, 5.41) is 0. The number of aryl methyl sites for hydroxylation is 1. The Bertz CT molecular complexity index is 387. The first-order chi connectivity index (χ1) is 9.15. The van der Waals surface area contributed by atoms with E-state index in [4.69, 9.17) is 5.73 Å². The Kier molecular flexibility index (Phi) is 4.97. The fourth-order valence-corrected chi connectivity index (χ4v) is 3.10. The lowest BCUT2D eigenvalue weighted by atomic mass is 9.98. The molecule has 2 rings (SSSR count). The maximum Gasteiger partial charge on any atom is 0.0352 e. The maximum atomic E-state index is 5.98. The second kappa shape index (κ2) is 6.51. The summed E-state index contributed by atoms with van der Waals surface area (Å²) >= 11 is 0. The number of hydrogen-bond acceptors (Lipinski definition) is 3. The fraction of sp³-hybridized carbons (Fsp3) is 0.625. The molecule has 1 heterocycles. The fourth-order valence-electron chi connectivity index (χ4n) is 3.10. The summed E-state index contributed by atoms with van der Waals surface area (Å²) in [6, 6.07) is 9.95. The van der Waals surface area contributed by atoms with E-state index in [1.165, 1.54) is 11.1 Å². The van der Waals surface area contributed by atoms with Crippen molar-refractivity contribution < 1.29 is 0 Å². The molecule has 2 atom stereocenters. The van der Waals surface area contributed by atoms with Crippen molar-refractivity contribution in [3.8, 4) is 0 Å². The monoisotopic (exact) mass is 261 g/mol. The van der Waals surface area contributed by atoms with Gasteiger partial charge < -0.3 is 10.6 Å². The summed E-state index contributed by atoms with van der Waals surface area (Å²) in [5.74, 6) is 0. The molecule has 0 aliphatic carbocycles. The SMILES string of the molecule is CCC(c1ccc(C)cc1)N1CCN(C)CC1CN. The van der Waals surface area contributed by atoms with E-state index in [1.807, 2.05) is 0 Å². The van der Waals surface area contributed by atoms with Gasteiger partial charge in [0.15, 0.2) is 0 Å². The number of benzene rings is 1. The van der Waals surface area contributed by atoms with Gasteiger partial charge in [0.1, 0.15) is 0 Å². The second-order valence-electron chi connectivity index (χ2n) is 5.72. The smallest absolute Gasteiger partial charge is 0.0352 e. The number of nitrogens with two attached hydrogens (primary N) is 1. The summed E-state index contributed by atoms with van der Waals surface area (Å²) in [6.07, 6.45) is 1.14. The molecule has 3 nitrogen and oxygen atoms in total. The summed E-state index contributed by atoms with van der Waals surface area (Å²) in [7, 11) is 2.19. The zero-order valence-electron chi connectivity index (χ0n) is 12.5. The van der Waals surface area contributed by atoms with Crippen molar-refractivity contribution in [3.63, 3.8) is 0 Å². The highest BCUT2D eigenvalue weighted by Gasteiger charge is 2.29. The molecule has 0 radical (unpaired) electrons. The van der Waals surface area contributed by atoms with E-state index < -0.39 is 0 Å². The van der Waals surface area contributed by atoms with E-state index in [0.29, 0.717) is 12.1 Å². The largest absolute Gasteiger partial charge is 0.329 e. The first-order valence-electron chi connectivity index (χ1n) is 7.36. The minimum absolute atomic E-state index is 0.477. The Labute approximate surface area is 117 Å². The first kappa shape index (κ1) is 14.5. The Morgan fingerprint density at radius 1 is 1.26 bits per heavy atom. The van der Waals surface area contributed by atoms with Gasteiger partial charge in [-0.3, -0.25) is 4.90 Å². The molecule has 0 aromatic heterocycles. The second-order valence-corrected chi connectivity index (χ2v) is 5.72. The van der Waals surface area contributed by atoms with Crippen LogP contribution in [-0.2, 0) is 0 Å². The van der Waals surface area contributed by atoms with Crippen LogP contribution in [0, 0.1) is 6.92 Å². The lowest BCUT2D eigenvalue weighted by Crippen LogP contribution is -2.55. The number of hydrogen-bond donors (Lipinski definition) is 1. The Balaban J connectivity index is 2.18. The van der Waals surface area contributed by atoms with Crippen molar-refractivity contribution in [1.29, 1.82) is 0 Å². The van der Waals surface area contributed by atoms with E-state index in [2.05, 4.69) is 55.0 Å². The van der Waals surface area contributed by atoms with E-state index in [9.17, 15) is 0 Å². The van der Waals surface area contributed by atoms with Crippen molar-refractivity contribution >= 4 is 0 Å². The number of rotatable bonds is 4. The molecular formula is C16H27N3. The van der Waals surface area contributed by atoms with Gasteiger partial charge in [0.05, 0.1) is 0 Å². The third-order valence-electron chi connectivity index (χ3n) is 4.25. The van der Waals surface area contributed by atoms with Gasteiger partial charge in [0, 0.05) is 38.3 Å². The minimum atomic E-state index is 0.477. The number of likely N-dealkylation sites (N-methyl/N-ethyl adjacent to an activating group) is 1. The Morgan fingerprint density at radius 3 is 2.53 bits per heavy atom. The molecule has 1 fully saturated rings. The molecule has 1 aromatic rings. The van der Waals surface area contributed by atoms with Crippen LogP contribution in [0.2, 0.25) is 0 Å². The Hall–Kier alpha value is -0.900. The average Bonchev–Trinajstić information content (AvgIpc) is 2.43. The van der Waals surface area contributed by atoms with E-state index in [-0.39, 0.29) is 0 Å². The molecular weight excluding hydrogens is 234 g/mol. The molecule has 106 valence electrons. The predicted octanol–water partition coefficient (Wildman–Crippen LogP) is 2.02. The molecule has 0 amide bonds. The highest BCUT2D eigenvalue weighted by atomic mass is 15.3. The van der Waals surface area contributed by atoms with E-state index in [0.717, 1.165) is 32.6 Å². The quantitative estimate of drug-likeness (QED) is 0.900. The summed E-state index contributed by atoms with van der Waals surface area (Å²) in [6.45, 7) is 8.49. The normalized spacial score (nSPS) is 23.5. The molecule has 2 unspecified atom stereocenters. The van der Waals surface area contributed by atoms with Crippen LogP contribution in [0.15, 0.2) is 24.3 Å². The molecule has 1 aliphatic heterocycles. The van der Waals surface area contributed by atoms with Crippen LogP contribution < -0.4 is 5.73 Å². The van der Waals surface area contributed by atoms with Crippen LogP contribution in [0.25, 0.3) is 0 Å². The highest BCUT2D eigenvalue weighted by Crippen LogP contribution is 2.28. The molecule has 0 bridgehead atoms. The number of piperazine rings is 1. The minimum Gasteiger partial charge on any atom is -0.329 e. The molecule has 1 aliphatic rings. The molecule has 0 saturated carbocycles. The molecule has 19 heavy (non-hydrogen) atoms. The lowest BCUT2D eigenvalue weighted by Gasteiger charge is -2.44. The van der Waals surface area contributed by atoms with Crippen LogP contribution in [0.4, 0.5) is 0 Å². The summed E-state index contributed by atoms with van der Waals surface area (Å²) in [5.41, 5.74) is 8.74. The molecule has 1 saturated heterocycles. The van der Waals surface area contributed by atoms with Gasteiger partial charge in [-0.15, -0.1) is 0 Å². The van der Waals surface area contributed by atoms with Crippen molar-refractivity contribution in [3.05, 3.63) is 35.4 Å². The highest BCUT2D eigenvalue weighted by molar-refractivity contribution is 5.24. The Morgan fingerprint density at radius 2 is 1.95 bits per heavy atom. The topological polar surface area (TPSA) is 32.5 Å². The van der Waals surface area contributed by atoms with Crippen molar-refractivity contribution in [1.82, 2.24) is 9.80 Å². The predicted molar refractivity (Wildman–Crippen MR) is 81.3 cm³/mol. The van der Waals surface area contributed by atoms with Gasteiger partial charge >= 0.3 is 0 Å². The molecule has 3 heteroatoms. The van der Waals surface area contributed by atoms with Gasteiger partial charge in [0.2, 0.25) is 0 Å². The third-order valence-corrected chi connectivity index (χ3v) is 4.25. The standard InChI is InChI=1S/C16H27N3/c1-4-16(14-7-5-13(2)6-8-14)19-10-9-18(3)12-15(19)11-17/h5-8,15-16H,4,9-12,17H2,1-3H3. The third kappa shape index (κ3) is 3.35. The molecule has 2 N–H and O–H groups in total. The van der Waals surface area contributed by atoms with Gasteiger partial charge in [0.25, 0.3) is 0 Å². The molecule has 1 aromatic carbocycles. The maximum absolute atomic E-state index is 5.98. The van der Waals surface area contributed by atoms with Crippen molar-refractivity contribution in [2.24, 2.45) is 5.73 Å². The average molecular weight is 261 g/mol. The van der Waals surface area contributed by atoms with Crippen LogP contribution in [-0.4, -0.2) is 49.1 Å². The van der Waals surface area contributed by atoms with E-state index >= 15 is 0 Å². The van der Waals surface area contributed by atoms with Crippen LogP contribution >= 0.6 is 0 Å². The zero-order valence-corrected chi connectivity index (χ0v) is 12.5. The zero-order chi connectivity index (χ0) is 13.8. The van der Waals surface area contributed by atoms with Gasteiger partial charge in [-0.25, -0.2) is 0 Å². The number of nitrogens with zero attached hydrogens (tertiary/aromatic N) is 2.